The molecule has 2 aliphatic carbocycles. The quantitative estimate of drug-likeness (QED) is 0.524. The lowest BCUT2D eigenvalue weighted by molar-refractivity contribution is 0.0214. The summed E-state index contributed by atoms with van der Waals surface area (Å²) in [5.74, 6) is 0. The van der Waals surface area contributed by atoms with Crippen molar-refractivity contribution in [3.63, 3.8) is 0 Å². The summed E-state index contributed by atoms with van der Waals surface area (Å²) in [6.07, 6.45) is 6.03. The minimum Gasteiger partial charge on any atom is -0.389 e. The maximum atomic E-state index is 10.2. The van der Waals surface area contributed by atoms with E-state index in [0.29, 0.717) is 4.83 Å². The Balaban J connectivity index is 2.43. The van der Waals surface area contributed by atoms with Crippen molar-refractivity contribution in [1.29, 1.82) is 0 Å². The third kappa shape index (κ3) is 1.84. The standard InChI is InChI=1S/C15H23BrO/c1-10-7-8-15(9-12(10)17)11(2)5-6-13(16)14(15,3)4/h7,12-13,17H,2,5-6,8-9H2,1,3-4H3. The van der Waals surface area contributed by atoms with Gasteiger partial charge in [0.1, 0.15) is 0 Å². The van der Waals surface area contributed by atoms with Gasteiger partial charge in [-0.2, -0.15) is 0 Å². The van der Waals surface area contributed by atoms with E-state index in [4.69, 9.17) is 0 Å². The van der Waals surface area contributed by atoms with Crippen molar-refractivity contribution in [1.82, 2.24) is 0 Å². The van der Waals surface area contributed by atoms with Crippen molar-refractivity contribution >= 4 is 15.9 Å². The molecule has 1 nitrogen and oxygen atoms in total. The third-order valence-electron chi connectivity index (χ3n) is 5.23. The molecular formula is C15H23BrO. The first-order valence-electron chi connectivity index (χ1n) is 6.48. The molecule has 0 bridgehead atoms. The van der Waals surface area contributed by atoms with Gasteiger partial charge in [-0.05, 0) is 43.6 Å². The lowest BCUT2D eigenvalue weighted by Crippen LogP contribution is -2.51. The van der Waals surface area contributed by atoms with Crippen LogP contribution in [-0.2, 0) is 0 Å². The Labute approximate surface area is 113 Å². The first-order valence-corrected chi connectivity index (χ1v) is 7.40. The van der Waals surface area contributed by atoms with Crippen LogP contribution in [0.15, 0.2) is 23.8 Å². The average molecular weight is 299 g/mol. The topological polar surface area (TPSA) is 20.2 Å². The summed E-state index contributed by atoms with van der Waals surface area (Å²) in [4.78, 5) is 0.513. The van der Waals surface area contributed by atoms with Gasteiger partial charge < -0.3 is 5.11 Å². The van der Waals surface area contributed by atoms with Crippen molar-refractivity contribution in [3.05, 3.63) is 23.8 Å². The number of aliphatic hydroxyl groups excluding tert-OH is 1. The molecule has 0 aliphatic heterocycles. The molecule has 96 valence electrons. The second-order valence-electron chi connectivity index (χ2n) is 6.29. The van der Waals surface area contributed by atoms with Gasteiger partial charge in [-0.15, -0.1) is 0 Å². The minimum absolute atomic E-state index is 0.0678. The van der Waals surface area contributed by atoms with Gasteiger partial charge >= 0.3 is 0 Å². The first kappa shape index (κ1) is 13.4. The van der Waals surface area contributed by atoms with Gasteiger partial charge in [0.25, 0.3) is 0 Å². The summed E-state index contributed by atoms with van der Waals surface area (Å²) >= 11 is 3.84. The Hall–Kier alpha value is -0.0800. The lowest BCUT2D eigenvalue weighted by atomic mass is 9.51. The molecule has 2 aliphatic rings. The number of rotatable bonds is 0. The minimum atomic E-state index is -0.294. The Morgan fingerprint density at radius 1 is 1.47 bits per heavy atom. The van der Waals surface area contributed by atoms with Crippen molar-refractivity contribution in [2.24, 2.45) is 10.8 Å². The van der Waals surface area contributed by atoms with Crippen LogP contribution in [0.5, 0.6) is 0 Å². The molecule has 0 saturated heterocycles. The van der Waals surface area contributed by atoms with E-state index in [1.165, 1.54) is 5.57 Å². The Morgan fingerprint density at radius 3 is 2.71 bits per heavy atom. The zero-order valence-electron chi connectivity index (χ0n) is 11.1. The fourth-order valence-corrected chi connectivity index (χ4v) is 4.18. The van der Waals surface area contributed by atoms with Crippen LogP contribution >= 0.6 is 15.9 Å². The molecule has 17 heavy (non-hydrogen) atoms. The third-order valence-corrected chi connectivity index (χ3v) is 6.84. The van der Waals surface area contributed by atoms with Crippen molar-refractivity contribution in [2.45, 2.75) is 57.4 Å². The maximum absolute atomic E-state index is 10.2. The van der Waals surface area contributed by atoms with Crippen LogP contribution in [0.4, 0.5) is 0 Å². The molecule has 0 heterocycles. The van der Waals surface area contributed by atoms with E-state index in [1.807, 2.05) is 6.92 Å². The van der Waals surface area contributed by atoms with E-state index < -0.39 is 0 Å². The SMILES string of the molecule is C=C1CCC(Br)C(C)(C)C12CC=C(C)C(O)C2. The molecule has 0 radical (unpaired) electrons. The number of hydrogen-bond acceptors (Lipinski definition) is 1. The highest BCUT2D eigenvalue weighted by Gasteiger charge is 2.53. The van der Waals surface area contributed by atoms with Gasteiger partial charge in [0.05, 0.1) is 6.10 Å². The van der Waals surface area contributed by atoms with E-state index in [0.717, 1.165) is 31.3 Å². The van der Waals surface area contributed by atoms with E-state index in [1.54, 1.807) is 0 Å². The zero-order chi connectivity index (χ0) is 12.8. The van der Waals surface area contributed by atoms with Crippen LogP contribution in [0, 0.1) is 10.8 Å². The predicted molar refractivity (Wildman–Crippen MR) is 76.3 cm³/mol. The van der Waals surface area contributed by atoms with Crippen LogP contribution in [0.1, 0.15) is 46.5 Å². The number of halogens is 1. The molecule has 0 amide bonds. The second kappa shape index (κ2) is 4.24. The highest BCUT2D eigenvalue weighted by Crippen LogP contribution is 2.61. The Morgan fingerprint density at radius 2 is 2.12 bits per heavy atom. The smallest absolute Gasteiger partial charge is 0.0756 e. The fraction of sp³-hybridized carbons (Fsp3) is 0.733. The van der Waals surface area contributed by atoms with Gasteiger partial charge in [0.15, 0.2) is 0 Å². The molecule has 0 aromatic heterocycles. The predicted octanol–water partition coefficient (Wildman–Crippen LogP) is 4.21. The van der Waals surface area contributed by atoms with Crippen LogP contribution in [-0.4, -0.2) is 16.0 Å². The highest BCUT2D eigenvalue weighted by molar-refractivity contribution is 9.09. The number of alkyl halides is 1. The maximum Gasteiger partial charge on any atom is 0.0756 e. The zero-order valence-corrected chi connectivity index (χ0v) is 12.7. The molecular weight excluding hydrogens is 276 g/mol. The molecule has 1 saturated carbocycles. The molecule has 0 aromatic carbocycles. The molecule has 1 spiro atoms. The second-order valence-corrected chi connectivity index (χ2v) is 7.39. The van der Waals surface area contributed by atoms with E-state index in [-0.39, 0.29) is 16.9 Å². The highest BCUT2D eigenvalue weighted by atomic mass is 79.9. The Kier molecular flexibility index (Phi) is 3.33. The summed E-state index contributed by atoms with van der Waals surface area (Å²) < 4.78 is 0. The lowest BCUT2D eigenvalue weighted by Gasteiger charge is -2.56. The van der Waals surface area contributed by atoms with E-state index in [9.17, 15) is 5.11 Å². The summed E-state index contributed by atoms with van der Waals surface area (Å²) in [5.41, 5.74) is 2.68. The van der Waals surface area contributed by atoms with Gasteiger partial charge in [0, 0.05) is 10.2 Å². The summed E-state index contributed by atoms with van der Waals surface area (Å²) in [6, 6.07) is 0. The number of allylic oxidation sites excluding steroid dienone is 2. The summed E-state index contributed by atoms with van der Waals surface area (Å²) in [7, 11) is 0. The van der Waals surface area contributed by atoms with Crippen LogP contribution in [0.3, 0.4) is 0 Å². The van der Waals surface area contributed by atoms with Crippen LogP contribution < -0.4 is 0 Å². The number of hydrogen-bond donors (Lipinski definition) is 1. The molecule has 3 atom stereocenters. The molecule has 2 heteroatoms. The van der Waals surface area contributed by atoms with E-state index >= 15 is 0 Å². The van der Waals surface area contributed by atoms with Gasteiger partial charge in [-0.1, -0.05) is 48.0 Å². The first-order chi connectivity index (χ1) is 7.81. The van der Waals surface area contributed by atoms with E-state index in [2.05, 4.69) is 42.4 Å². The molecule has 1 fully saturated rings. The normalized spacial score (nSPS) is 41.5. The largest absolute Gasteiger partial charge is 0.389 e. The molecule has 0 aromatic rings. The molecule has 1 N–H and O–H groups in total. The van der Waals surface area contributed by atoms with Crippen LogP contribution in [0.2, 0.25) is 0 Å². The van der Waals surface area contributed by atoms with Gasteiger partial charge in [-0.25, -0.2) is 0 Å². The van der Waals surface area contributed by atoms with Crippen molar-refractivity contribution in [2.75, 3.05) is 0 Å². The average Bonchev–Trinajstić information content (AvgIpc) is 2.27. The van der Waals surface area contributed by atoms with Crippen molar-refractivity contribution < 1.29 is 5.11 Å². The Bertz CT molecular complexity index is 369. The van der Waals surface area contributed by atoms with Crippen molar-refractivity contribution in [3.8, 4) is 0 Å². The molecule has 3 unspecified atom stereocenters. The summed E-state index contributed by atoms with van der Waals surface area (Å²) in [5, 5.41) is 10.2. The van der Waals surface area contributed by atoms with Gasteiger partial charge in [0.2, 0.25) is 0 Å². The molecule has 2 rings (SSSR count). The number of aliphatic hydroxyl groups is 1. The monoisotopic (exact) mass is 298 g/mol. The van der Waals surface area contributed by atoms with Gasteiger partial charge in [-0.3, -0.25) is 0 Å². The fourth-order valence-electron chi connectivity index (χ4n) is 3.52. The van der Waals surface area contributed by atoms with Crippen LogP contribution in [0.25, 0.3) is 0 Å². The summed E-state index contributed by atoms with van der Waals surface area (Å²) in [6.45, 7) is 11.0.